The number of hydrogen-bond acceptors (Lipinski definition) is 5. The minimum atomic E-state index is -0.0491. The third-order valence-electron chi connectivity index (χ3n) is 3.52. The summed E-state index contributed by atoms with van der Waals surface area (Å²) in [5, 5.41) is 4.12. The number of nitrogens with zero attached hydrogens (tertiary/aromatic N) is 1. The molecule has 6 heteroatoms. The highest BCUT2D eigenvalue weighted by molar-refractivity contribution is 7.18. The monoisotopic (exact) mass is 334 g/mol. The van der Waals surface area contributed by atoms with E-state index in [0.717, 1.165) is 17.0 Å². The first kappa shape index (κ1) is 15.1. The van der Waals surface area contributed by atoms with Crippen LogP contribution in [-0.4, -0.2) is 17.6 Å². The van der Waals surface area contributed by atoms with Gasteiger partial charge in [0.25, 0.3) is 0 Å². The zero-order valence-corrected chi connectivity index (χ0v) is 13.4. The van der Waals surface area contributed by atoms with E-state index < -0.39 is 0 Å². The fourth-order valence-corrected chi connectivity index (χ4v) is 3.32. The van der Waals surface area contributed by atoms with Gasteiger partial charge in [0.05, 0.1) is 14.9 Å². The van der Waals surface area contributed by atoms with Gasteiger partial charge in [-0.25, -0.2) is 0 Å². The number of oxime groups is 1. The van der Waals surface area contributed by atoms with Gasteiger partial charge in [0.2, 0.25) is 0 Å². The van der Waals surface area contributed by atoms with Crippen molar-refractivity contribution < 1.29 is 9.63 Å². The zero-order chi connectivity index (χ0) is 15.5. The molecule has 0 amide bonds. The maximum Gasteiger partial charge on any atom is 0.172 e. The number of ketones is 1. The Bertz CT molecular complexity index is 709. The molecular weight excluding hydrogens is 320 g/mol. The quantitative estimate of drug-likeness (QED) is 0.660. The van der Waals surface area contributed by atoms with Gasteiger partial charge in [-0.1, -0.05) is 28.9 Å². The normalized spacial score (nSPS) is 17.1. The second kappa shape index (κ2) is 6.50. The van der Waals surface area contributed by atoms with Gasteiger partial charge in [-0.05, 0) is 36.2 Å². The molecule has 1 aromatic heterocycles. The minimum absolute atomic E-state index is 0.0491. The lowest BCUT2D eigenvalue weighted by Crippen LogP contribution is -2.11. The summed E-state index contributed by atoms with van der Waals surface area (Å²) in [6.07, 6.45) is 1.75. The van der Waals surface area contributed by atoms with Gasteiger partial charge >= 0.3 is 0 Å². The molecule has 114 valence electrons. The number of nitrogen functional groups attached to an aromatic ring is 1. The van der Waals surface area contributed by atoms with Gasteiger partial charge in [0.15, 0.2) is 5.78 Å². The molecule has 1 aromatic carbocycles. The van der Waals surface area contributed by atoms with Crippen molar-refractivity contribution in [1.82, 2.24) is 0 Å². The Morgan fingerprint density at radius 3 is 2.77 bits per heavy atom. The fraction of sp³-hybridized carbons (Fsp3) is 0.250. The Morgan fingerprint density at radius 2 is 2.09 bits per heavy atom. The Balaban J connectivity index is 1.52. The Morgan fingerprint density at radius 1 is 1.32 bits per heavy atom. The predicted molar refractivity (Wildman–Crippen MR) is 89.8 cm³/mol. The first-order chi connectivity index (χ1) is 10.6. The zero-order valence-electron chi connectivity index (χ0n) is 11.8. The molecule has 0 bridgehead atoms. The standard InChI is InChI=1S/C16H15ClN2O2S/c17-16-8-7-15(22-16)14(20)6-5-12-9-13(19-21-12)10-1-3-11(18)4-2-10/h1-4,7-8,12H,5-6,9,18H2. The maximum absolute atomic E-state index is 12.0. The first-order valence-corrected chi connectivity index (χ1v) is 8.18. The van der Waals surface area contributed by atoms with Crippen LogP contribution in [0.2, 0.25) is 4.34 Å². The molecule has 3 rings (SSSR count). The van der Waals surface area contributed by atoms with E-state index in [-0.39, 0.29) is 11.9 Å². The summed E-state index contributed by atoms with van der Waals surface area (Å²) < 4.78 is 0.634. The van der Waals surface area contributed by atoms with Crippen molar-refractivity contribution in [3.63, 3.8) is 0 Å². The molecular formula is C16H15ClN2O2S. The highest BCUT2D eigenvalue weighted by Gasteiger charge is 2.23. The number of Topliss-reactive ketones (excluding diaryl/α,β-unsaturated/α-hetero) is 1. The van der Waals surface area contributed by atoms with E-state index in [1.807, 2.05) is 24.3 Å². The number of rotatable bonds is 5. The van der Waals surface area contributed by atoms with Gasteiger partial charge < -0.3 is 10.6 Å². The topological polar surface area (TPSA) is 64.7 Å². The molecule has 0 spiro atoms. The van der Waals surface area contributed by atoms with Crippen molar-refractivity contribution in [2.24, 2.45) is 5.16 Å². The summed E-state index contributed by atoms with van der Waals surface area (Å²) >= 11 is 7.16. The van der Waals surface area contributed by atoms with E-state index in [4.69, 9.17) is 22.2 Å². The third-order valence-corrected chi connectivity index (χ3v) is 4.79. The summed E-state index contributed by atoms with van der Waals surface area (Å²) in [4.78, 5) is 18.2. The van der Waals surface area contributed by atoms with Crippen molar-refractivity contribution in [2.45, 2.75) is 25.4 Å². The number of carbonyl (C=O) groups is 1. The van der Waals surface area contributed by atoms with Gasteiger partial charge in [0.1, 0.15) is 6.10 Å². The number of halogens is 1. The molecule has 0 fully saturated rings. The fourth-order valence-electron chi connectivity index (χ4n) is 2.31. The molecule has 0 saturated carbocycles. The van der Waals surface area contributed by atoms with E-state index in [9.17, 15) is 4.79 Å². The van der Waals surface area contributed by atoms with Crippen LogP contribution in [0.4, 0.5) is 5.69 Å². The van der Waals surface area contributed by atoms with Gasteiger partial charge in [-0.15, -0.1) is 11.3 Å². The molecule has 0 radical (unpaired) electrons. The van der Waals surface area contributed by atoms with E-state index in [2.05, 4.69) is 5.16 Å². The number of thiophene rings is 1. The molecule has 0 aliphatic carbocycles. The van der Waals surface area contributed by atoms with Crippen LogP contribution >= 0.6 is 22.9 Å². The summed E-state index contributed by atoms with van der Waals surface area (Å²) in [6, 6.07) is 11.1. The number of benzene rings is 1. The lowest BCUT2D eigenvalue weighted by molar-refractivity contribution is 0.0720. The highest BCUT2D eigenvalue weighted by atomic mass is 35.5. The van der Waals surface area contributed by atoms with Crippen LogP contribution in [0.25, 0.3) is 0 Å². The van der Waals surface area contributed by atoms with Crippen LogP contribution in [0.5, 0.6) is 0 Å². The van der Waals surface area contributed by atoms with Gasteiger partial charge in [-0.3, -0.25) is 4.79 Å². The molecule has 4 nitrogen and oxygen atoms in total. The predicted octanol–water partition coefficient (Wildman–Crippen LogP) is 4.14. The number of anilines is 1. The van der Waals surface area contributed by atoms with Crippen LogP contribution in [0.3, 0.4) is 0 Å². The molecule has 2 N–H and O–H groups in total. The average molecular weight is 335 g/mol. The van der Waals surface area contributed by atoms with Gasteiger partial charge in [-0.2, -0.15) is 0 Å². The first-order valence-electron chi connectivity index (χ1n) is 6.99. The maximum atomic E-state index is 12.0. The molecule has 1 aliphatic rings. The van der Waals surface area contributed by atoms with Crippen LogP contribution in [0, 0.1) is 0 Å². The number of hydrogen-bond donors (Lipinski definition) is 1. The molecule has 22 heavy (non-hydrogen) atoms. The van der Waals surface area contributed by atoms with Crippen LogP contribution in [0.1, 0.15) is 34.5 Å². The Hall–Kier alpha value is -1.85. The van der Waals surface area contributed by atoms with Gasteiger partial charge in [0, 0.05) is 18.5 Å². The van der Waals surface area contributed by atoms with E-state index in [1.54, 1.807) is 12.1 Å². The summed E-state index contributed by atoms with van der Waals surface area (Å²) in [5.41, 5.74) is 8.30. The van der Waals surface area contributed by atoms with Crippen LogP contribution < -0.4 is 5.73 Å². The van der Waals surface area contributed by atoms with E-state index in [0.29, 0.717) is 28.5 Å². The Labute approximate surface area is 137 Å². The van der Waals surface area contributed by atoms with Crippen molar-refractivity contribution in [1.29, 1.82) is 0 Å². The van der Waals surface area contributed by atoms with Crippen molar-refractivity contribution >= 4 is 40.1 Å². The summed E-state index contributed by atoms with van der Waals surface area (Å²) in [6.45, 7) is 0. The second-order valence-electron chi connectivity index (χ2n) is 5.16. The lowest BCUT2D eigenvalue weighted by atomic mass is 10.0. The molecule has 0 saturated heterocycles. The van der Waals surface area contributed by atoms with Crippen molar-refractivity contribution in [3.05, 3.63) is 51.2 Å². The molecule has 2 aromatic rings. The van der Waals surface area contributed by atoms with Crippen LogP contribution in [0.15, 0.2) is 41.6 Å². The highest BCUT2D eigenvalue weighted by Crippen LogP contribution is 2.25. The van der Waals surface area contributed by atoms with E-state index in [1.165, 1.54) is 11.3 Å². The number of carbonyl (C=O) groups excluding carboxylic acids is 1. The summed E-state index contributed by atoms with van der Waals surface area (Å²) in [5.74, 6) is 0.0986. The smallest absolute Gasteiger partial charge is 0.172 e. The van der Waals surface area contributed by atoms with Crippen LogP contribution in [-0.2, 0) is 4.84 Å². The molecule has 1 unspecified atom stereocenters. The molecule has 2 heterocycles. The molecule has 1 atom stereocenters. The van der Waals surface area contributed by atoms with E-state index >= 15 is 0 Å². The molecule has 1 aliphatic heterocycles. The minimum Gasteiger partial charge on any atom is -0.399 e. The SMILES string of the molecule is Nc1ccc(C2=NOC(CCC(=O)c3ccc(Cl)s3)C2)cc1. The summed E-state index contributed by atoms with van der Waals surface area (Å²) in [7, 11) is 0. The third kappa shape index (κ3) is 3.48. The number of nitrogens with two attached hydrogens (primary N) is 1. The Kier molecular flexibility index (Phi) is 4.45. The van der Waals surface area contributed by atoms with Crippen molar-refractivity contribution in [3.8, 4) is 0 Å². The lowest BCUT2D eigenvalue weighted by Gasteiger charge is -2.06. The second-order valence-corrected chi connectivity index (χ2v) is 6.87. The largest absolute Gasteiger partial charge is 0.399 e. The van der Waals surface area contributed by atoms with Crippen molar-refractivity contribution in [2.75, 3.05) is 5.73 Å². The average Bonchev–Trinajstić information content (AvgIpc) is 3.15.